The van der Waals surface area contributed by atoms with Gasteiger partial charge in [-0.3, -0.25) is 9.98 Å². The number of nitrogens with two attached hydrogens (primary N) is 1. The quantitative estimate of drug-likeness (QED) is 0.415. The van der Waals surface area contributed by atoms with E-state index >= 15 is 0 Å². The van der Waals surface area contributed by atoms with E-state index in [1.54, 1.807) is 18.6 Å². The number of aliphatic imine (C=N–C) groups is 1. The second kappa shape index (κ2) is 11.9. The molecule has 0 bridgehead atoms. The zero-order valence-corrected chi connectivity index (χ0v) is 17.6. The summed E-state index contributed by atoms with van der Waals surface area (Å²) < 4.78 is 0. The van der Waals surface area contributed by atoms with E-state index in [1.165, 1.54) is 0 Å². The number of hydrogen-bond donors (Lipinski definition) is 1. The van der Waals surface area contributed by atoms with Gasteiger partial charge >= 0.3 is 0 Å². The Morgan fingerprint density at radius 3 is 2.56 bits per heavy atom. The van der Waals surface area contributed by atoms with Gasteiger partial charge in [-0.15, -0.1) is 0 Å². The van der Waals surface area contributed by atoms with Crippen LogP contribution in [0.4, 0.5) is 0 Å². The van der Waals surface area contributed by atoms with Crippen LogP contribution in [0.3, 0.4) is 0 Å². The van der Waals surface area contributed by atoms with Crippen molar-refractivity contribution in [2.75, 3.05) is 0 Å². The number of rotatable bonds is 7. The van der Waals surface area contributed by atoms with E-state index in [2.05, 4.69) is 60.6 Å². The van der Waals surface area contributed by atoms with Gasteiger partial charge in [-0.2, -0.15) is 0 Å². The minimum Gasteiger partial charge on any atom is -0.398 e. The second-order valence-corrected chi connectivity index (χ2v) is 6.30. The average Bonchev–Trinajstić information content (AvgIpc) is 2.69. The smallest absolute Gasteiger partial charge is 0.132 e. The van der Waals surface area contributed by atoms with Crippen LogP contribution in [0.25, 0.3) is 0 Å². The standard InChI is InChI=1S/C23H32N4/c1-7-11-12-19(13-14-21-16-25-15-20(9-3)27-21)22(18(6)26-10-4)23(24)17(5)8-2/h10,12,15-16H,7-9,11,24H2,1-6H3/b19-12-,22-18-,23-17-,26-10?. The first-order valence-corrected chi connectivity index (χ1v) is 9.66. The molecular formula is C23H32N4. The molecule has 4 heteroatoms. The van der Waals surface area contributed by atoms with Crippen LogP contribution < -0.4 is 5.73 Å². The first-order valence-electron chi connectivity index (χ1n) is 9.66. The molecule has 0 radical (unpaired) electrons. The number of aromatic nitrogens is 2. The fourth-order valence-electron chi connectivity index (χ4n) is 2.47. The first kappa shape index (κ1) is 22.4. The first-order chi connectivity index (χ1) is 13.0. The number of nitrogens with zero attached hydrogens (tertiary/aromatic N) is 3. The van der Waals surface area contributed by atoms with Crippen LogP contribution in [0.2, 0.25) is 0 Å². The van der Waals surface area contributed by atoms with E-state index in [-0.39, 0.29) is 0 Å². The predicted molar refractivity (Wildman–Crippen MR) is 115 cm³/mol. The minimum absolute atomic E-state index is 0.669. The summed E-state index contributed by atoms with van der Waals surface area (Å²) in [6.45, 7) is 12.2. The third kappa shape index (κ3) is 6.86. The van der Waals surface area contributed by atoms with Gasteiger partial charge < -0.3 is 5.73 Å². The summed E-state index contributed by atoms with van der Waals surface area (Å²) in [5.74, 6) is 6.45. The molecule has 0 fully saturated rings. The molecule has 0 aliphatic heterocycles. The molecule has 1 rings (SSSR count). The SMILES string of the molecule is CC=N/C(C)=C(C(/C#Cc1cncc(CC)n1)=C\CCC)\C(N)=C(/C)CC. The summed E-state index contributed by atoms with van der Waals surface area (Å²) >= 11 is 0. The number of unbranched alkanes of at least 4 members (excludes halogenated alkanes) is 1. The molecule has 0 saturated heterocycles. The fraction of sp³-hybridized carbons (Fsp3) is 0.435. The Balaban J connectivity index is 3.55. The highest BCUT2D eigenvalue weighted by atomic mass is 14.8. The van der Waals surface area contributed by atoms with Gasteiger partial charge in [0.25, 0.3) is 0 Å². The molecule has 0 aliphatic carbocycles. The van der Waals surface area contributed by atoms with Gasteiger partial charge in [0, 0.05) is 35.0 Å². The molecule has 0 unspecified atom stereocenters. The summed E-state index contributed by atoms with van der Waals surface area (Å²) in [7, 11) is 0. The van der Waals surface area contributed by atoms with Gasteiger partial charge in [0.2, 0.25) is 0 Å². The maximum Gasteiger partial charge on any atom is 0.132 e. The van der Waals surface area contributed by atoms with E-state index < -0.39 is 0 Å². The van der Waals surface area contributed by atoms with Crippen LogP contribution in [0.5, 0.6) is 0 Å². The summed E-state index contributed by atoms with van der Waals surface area (Å²) in [6.07, 6.45) is 11.1. The van der Waals surface area contributed by atoms with Gasteiger partial charge in [-0.05, 0) is 51.5 Å². The normalized spacial score (nSPS) is 13.8. The molecule has 2 N–H and O–H groups in total. The Hall–Kier alpha value is -2.67. The topological polar surface area (TPSA) is 64.2 Å². The lowest BCUT2D eigenvalue weighted by Crippen LogP contribution is -2.08. The van der Waals surface area contributed by atoms with E-state index in [4.69, 9.17) is 5.73 Å². The molecule has 1 aromatic rings. The number of aryl methyl sites for hydroxylation is 1. The van der Waals surface area contributed by atoms with Crippen LogP contribution >= 0.6 is 0 Å². The molecule has 0 saturated carbocycles. The lowest BCUT2D eigenvalue weighted by Gasteiger charge is -2.13. The summed E-state index contributed by atoms with van der Waals surface area (Å²) in [4.78, 5) is 13.2. The van der Waals surface area contributed by atoms with Gasteiger partial charge in [0.05, 0.1) is 11.9 Å². The molecule has 0 spiro atoms. The van der Waals surface area contributed by atoms with Crippen LogP contribution in [0.1, 0.15) is 72.2 Å². The molecule has 144 valence electrons. The monoisotopic (exact) mass is 364 g/mol. The van der Waals surface area contributed by atoms with Crippen LogP contribution in [-0.2, 0) is 6.42 Å². The van der Waals surface area contributed by atoms with E-state index in [1.807, 2.05) is 13.8 Å². The van der Waals surface area contributed by atoms with Crippen molar-refractivity contribution >= 4 is 6.21 Å². The zero-order chi connectivity index (χ0) is 20.2. The molecule has 1 heterocycles. The fourth-order valence-corrected chi connectivity index (χ4v) is 2.47. The Bertz CT molecular complexity index is 814. The summed E-state index contributed by atoms with van der Waals surface area (Å²) in [6, 6.07) is 0. The van der Waals surface area contributed by atoms with Crippen molar-refractivity contribution in [2.45, 2.75) is 67.2 Å². The largest absolute Gasteiger partial charge is 0.398 e. The van der Waals surface area contributed by atoms with E-state index in [0.717, 1.165) is 59.5 Å². The van der Waals surface area contributed by atoms with Gasteiger partial charge in [0.15, 0.2) is 0 Å². The second-order valence-electron chi connectivity index (χ2n) is 6.30. The molecule has 1 aromatic heterocycles. The Labute approximate surface area is 164 Å². The van der Waals surface area contributed by atoms with Crippen molar-refractivity contribution in [1.82, 2.24) is 9.97 Å². The van der Waals surface area contributed by atoms with Crippen LogP contribution in [-0.4, -0.2) is 16.2 Å². The number of hydrogen-bond acceptors (Lipinski definition) is 4. The van der Waals surface area contributed by atoms with Gasteiger partial charge in [-0.1, -0.05) is 39.2 Å². The highest BCUT2D eigenvalue weighted by Gasteiger charge is 2.12. The molecule has 27 heavy (non-hydrogen) atoms. The van der Waals surface area contributed by atoms with Crippen LogP contribution in [0, 0.1) is 11.8 Å². The third-order valence-electron chi connectivity index (χ3n) is 4.22. The van der Waals surface area contributed by atoms with Gasteiger partial charge in [0.1, 0.15) is 5.69 Å². The van der Waals surface area contributed by atoms with Gasteiger partial charge in [-0.25, -0.2) is 4.98 Å². The maximum absolute atomic E-state index is 6.50. The van der Waals surface area contributed by atoms with Crippen molar-refractivity contribution in [3.63, 3.8) is 0 Å². The highest BCUT2D eigenvalue weighted by molar-refractivity contribution is 5.62. The predicted octanol–water partition coefficient (Wildman–Crippen LogP) is 5.12. The highest BCUT2D eigenvalue weighted by Crippen LogP contribution is 2.25. The number of allylic oxidation sites excluding steroid dienone is 4. The van der Waals surface area contributed by atoms with Crippen LogP contribution in [0.15, 0.2) is 51.6 Å². The molecule has 0 atom stereocenters. The lowest BCUT2D eigenvalue weighted by atomic mass is 9.96. The minimum atomic E-state index is 0.669. The van der Waals surface area contributed by atoms with E-state index in [0.29, 0.717) is 5.69 Å². The zero-order valence-electron chi connectivity index (χ0n) is 17.6. The summed E-state index contributed by atoms with van der Waals surface area (Å²) in [5, 5.41) is 0. The molecule has 0 amide bonds. The molecule has 4 nitrogen and oxygen atoms in total. The van der Waals surface area contributed by atoms with Crippen molar-refractivity contribution < 1.29 is 0 Å². The molecular weight excluding hydrogens is 332 g/mol. The lowest BCUT2D eigenvalue weighted by molar-refractivity contribution is 0.951. The molecule has 0 aromatic carbocycles. The van der Waals surface area contributed by atoms with E-state index in [9.17, 15) is 0 Å². The average molecular weight is 365 g/mol. The van der Waals surface area contributed by atoms with Crippen molar-refractivity contribution in [2.24, 2.45) is 10.7 Å². The summed E-state index contributed by atoms with van der Waals surface area (Å²) in [5.41, 5.74) is 12.7. The maximum atomic E-state index is 6.50. The Morgan fingerprint density at radius 1 is 1.22 bits per heavy atom. The molecule has 0 aliphatic rings. The van der Waals surface area contributed by atoms with Crippen molar-refractivity contribution in [1.29, 1.82) is 0 Å². The Kier molecular flexibility index (Phi) is 9.82. The van der Waals surface area contributed by atoms with Crippen molar-refractivity contribution in [3.05, 3.63) is 58.0 Å². The Morgan fingerprint density at radius 2 is 1.96 bits per heavy atom. The van der Waals surface area contributed by atoms with Crippen molar-refractivity contribution in [3.8, 4) is 11.8 Å². The third-order valence-corrected chi connectivity index (χ3v) is 4.22.